The van der Waals surface area contributed by atoms with Crippen molar-refractivity contribution in [1.29, 1.82) is 0 Å². The molecule has 0 bridgehead atoms. The monoisotopic (exact) mass is 208 g/mol. The Hall–Kier alpha value is -1.62. The van der Waals surface area contributed by atoms with Crippen LogP contribution in [0.3, 0.4) is 0 Å². The molecule has 1 aliphatic heterocycles. The first-order valence-corrected chi connectivity index (χ1v) is 4.81. The topological polar surface area (TPSA) is 62.4 Å². The lowest BCUT2D eigenvalue weighted by atomic mass is 10.3. The van der Waals surface area contributed by atoms with Gasteiger partial charge in [0.2, 0.25) is 5.88 Å². The van der Waals surface area contributed by atoms with Gasteiger partial charge in [0.25, 0.3) is 0 Å². The highest BCUT2D eigenvalue weighted by molar-refractivity contribution is 5.85. The summed E-state index contributed by atoms with van der Waals surface area (Å²) in [5.74, 6) is -0.664. The standard InChI is InChI=1S/C10H12N2O3/c13-10(14)8-2-1-3-9(11-8)15-7-6-12-4-5-12/h1-3H,4-7H2,(H,13,14). The molecule has 5 heteroatoms. The van der Waals surface area contributed by atoms with Gasteiger partial charge in [0.1, 0.15) is 6.61 Å². The van der Waals surface area contributed by atoms with Crippen LogP contribution in [0.15, 0.2) is 18.2 Å². The van der Waals surface area contributed by atoms with E-state index in [1.54, 1.807) is 12.1 Å². The first kappa shape index (κ1) is 9.92. The zero-order chi connectivity index (χ0) is 10.7. The second kappa shape index (κ2) is 4.27. The summed E-state index contributed by atoms with van der Waals surface area (Å²) >= 11 is 0. The molecule has 0 radical (unpaired) electrons. The van der Waals surface area contributed by atoms with Crippen molar-refractivity contribution in [2.24, 2.45) is 0 Å². The minimum Gasteiger partial charge on any atom is -0.477 e. The van der Waals surface area contributed by atoms with Crippen molar-refractivity contribution < 1.29 is 14.6 Å². The smallest absolute Gasteiger partial charge is 0.354 e. The van der Waals surface area contributed by atoms with Crippen LogP contribution in [-0.2, 0) is 0 Å². The molecule has 5 nitrogen and oxygen atoms in total. The molecule has 0 aromatic carbocycles. The second-order valence-electron chi connectivity index (χ2n) is 3.36. The van der Waals surface area contributed by atoms with E-state index in [0.717, 1.165) is 19.6 Å². The van der Waals surface area contributed by atoms with Gasteiger partial charge in [-0.3, -0.25) is 4.90 Å². The number of hydrogen-bond acceptors (Lipinski definition) is 4. The molecule has 1 fully saturated rings. The highest BCUT2D eigenvalue weighted by atomic mass is 16.5. The number of aromatic nitrogens is 1. The third kappa shape index (κ3) is 2.92. The predicted molar refractivity (Wildman–Crippen MR) is 53.1 cm³/mol. The number of carbonyl (C=O) groups is 1. The molecule has 1 N–H and O–H groups in total. The summed E-state index contributed by atoms with van der Waals surface area (Å²) in [7, 11) is 0. The molecule has 1 saturated heterocycles. The normalized spacial score (nSPS) is 14.9. The molecule has 0 aliphatic carbocycles. The number of rotatable bonds is 5. The van der Waals surface area contributed by atoms with Gasteiger partial charge in [-0.25, -0.2) is 9.78 Å². The third-order valence-electron chi connectivity index (χ3n) is 2.14. The molecule has 2 heterocycles. The summed E-state index contributed by atoms with van der Waals surface area (Å²) < 4.78 is 5.33. The van der Waals surface area contributed by atoms with Crippen LogP contribution < -0.4 is 4.74 Å². The Morgan fingerprint density at radius 3 is 3.00 bits per heavy atom. The van der Waals surface area contributed by atoms with Crippen molar-refractivity contribution in [3.05, 3.63) is 23.9 Å². The molecular weight excluding hydrogens is 196 g/mol. The maximum absolute atomic E-state index is 10.6. The molecule has 15 heavy (non-hydrogen) atoms. The van der Waals surface area contributed by atoms with Gasteiger partial charge in [0, 0.05) is 25.7 Å². The summed E-state index contributed by atoms with van der Waals surface area (Å²) in [5.41, 5.74) is 0.0132. The number of ether oxygens (including phenoxy) is 1. The van der Waals surface area contributed by atoms with Gasteiger partial charge in [0.05, 0.1) is 0 Å². The van der Waals surface area contributed by atoms with Gasteiger partial charge in [0.15, 0.2) is 5.69 Å². The fraction of sp³-hybridized carbons (Fsp3) is 0.400. The Balaban J connectivity index is 1.88. The number of hydrogen-bond donors (Lipinski definition) is 1. The fourth-order valence-electron chi connectivity index (χ4n) is 1.19. The summed E-state index contributed by atoms with van der Waals surface area (Å²) in [5, 5.41) is 8.71. The zero-order valence-electron chi connectivity index (χ0n) is 8.22. The Kier molecular flexibility index (Phi) is 2.82. The van der Waals surface area contributed by atoms with Crippen molar-refractivity contribution in [1.82, 2.24) is 9.88 Å². The van der Waals surface area contributed by atoms with Gasteiger partial charge in [-0.15, -0.1) is 0 Å². The van der Waals surface area contributed by atoms with E-state index >= 15 is 0 Å². The van der Waals surface area contributed by atoms with Gasteiger partial charge in [-0.1, -0.05) is 6.07 Å². The molecular formula is C10H12N2O3. The van der Waals surface area contributed by atoms with Crippen LogP contribution in [-0.4, -0.2) is 47.2 Å². The molecule has 0 unspecified atom stereocenters. The van der Waals surface area contributed by atoms with E-state index in [9.17, 15) is 4.79 Å². The molecule has 0 atom stereocenters. The lowest BCUT2D eigenvalue weighted by Crippen LogP contribution is -2.11. The van der Waals surface area contributed by atoms with Crippen molar-refractivity contribution in [2.75, 3.05) is 26.2 Å². The van der Waals surface area contributed by atoms with Crippen LogP contribution in [0.5, 0.6) is 5.88 Å². The molecule has 2 rings (SSSR count). The number of carboxylic acid groups (broad SMARTS) is 1. The Labute approximate surface area is 87.3 Å². The maximum atomic E-state index is 10.6. The first-order chi connectivity index (χ1) is 7.25. The first-order valence-electron chi connectivity index (χ1n) is 4.81. The van der Waals surface area contributed by atoms with Crippen LogP contribution in [0.1, 0.15) is 10.5 Å². The van der Waals surface area contributed by atoms with Crippen LogP contribution in [0.4, 0.5) is 0 Å². The van der Waals surface area contributed by atoms with Gasteiger partial charge in [-0.2, -0.15) is 0 Å². The van der Waals surface area contributed by atoms with E-state index in [0.29, 0.717) is 12.5 Å². The highest BCUT2D eigenvalue weighted by Gasteiger charge is 2.16. The van der Waals surface area contributed by atoms with Gasteiger partial charge >= 0.3 is 5.97 Å². The summed E-state index contributed by atoms with van der Waals surface area (Å²) in [6, 6.07) is 4.73. The molecule has 0 spiro atoms. The van der Waals surface area contributed by atoms with E-state index in [1.807, 2.05) is 0 Å². The second-order valence-corrected chi connectivity index (χ2v) is 3.36. The quantitative estimate of drug-likeness (QED) is 0.713. The molecule has 80 valence electrons. The van der Waals surface area contributed by atoms with E-state index < -0.39 is 5.97 Å². The van der Waals surface area contributed by atoms with Crippen LogP contribution >= 0.6 is 0 Å². The summed E-state index contributed by atoms with van der Waals surface area (Å²) in [6.45, 7) is 3.69. The van der Waals surface area contributed by atoms with Crippen molar-refractivity contribution in [2.45, 2.75) is 0 Å². The van der Waals surface area contributed by atoms with Crippen molar-refractivity contribution in [3.63, 3.8) is 0 Å². The van der Waals surface area contributed by atoms with Crippen LogP contribution in [0.25, 0.3) is 0 Å². The lowest BCUT2D eigenvalue weighted by molar-refractivity contribution is 0.0689. The van der Waals surface area contributed by atoms with E-state index in [-0.39, 0.29) is 5.69 Å². The number of aromatic carboxylic acids is 1. The molecule has 0 amide bonds. The van der Waals surface area contributed by atoms with E-state index in [2.05, 4.69) is 9.88 Å². The minimum atomic E-state index is -1.04. The lowest BCUT2D eigenvalue weighted by Gasteiger charge is -2.05. The molecule has 0 saturated carbocycles. The maximum Gasteiger partial charge on any atom is 0.354 e. The average molecular weight is 208 g/mol. The summed E-state index contributed by atoms with van der Waals surface area (Å²) in [6.07, 6.45) is 0. The Morgan fingerprint density at radius 1 is 1.53 bits per heavy atom. The van der Waals surface area contributed by atoms with E-state index in [4.69, 9.17) is 9.84 Å². The third-order valence-corrected chi connectivity index (χ3v) is 2.14. The minimum absolute atomic E-state index is 0.0132. The van der Waals surface area contributed by atoms with Crippen molar-refractivity contribution >= 4 is 5.97 Å². The largest absolute Gasteiger partial charge is 0.477 e. The van der Waals surface area contributed by atoms with Crippen molar-refractivity contribution in [3.8, 4) is 5.88 Å². The van der Waals surface area contributed by atoms with Gasteiger partial charge < -0.3 is 9.84 Å². The van der Waals surface area contributed by atoms with Crippen LogP contribution in [0.2, 0.25) is 0 Å². The predicted octanol–water partition coefficient (Wildman–Crippen LogP) is 0.474. The Bertz CT molecular complexity index is 363. The molecule has 1 aliphatic rings. The van der Waals surface area contributed by atoms with Gasteiger partial charge in [-0.05, 0) is 6.07 Å². The number of nitrogens with zero attached hydrogens (tertiary/aromatic N) is 2. The average Bonchev–Trinajstić information content (AvgIpc) is 3.02. The number of pyridine rings is 1. The Morgan fingerprint density at radius 2 is 2.33 bits per heavy atom. The highest BCUT2D eigenvalue weighted by Crippen LogP contribution is 2.08. The molecule has 1 aromatic rings. The number of carboxylic acids is 1. The summed E-state index contributed by atoms with van der Waals surface area (Å²) in [4.78, 5) is 16.7. The van der Waals surface area contributed by atoms with E-state index in [1.165, 1.54) is 6.07 Å². The SMILES string of the molecule is O=C(O)c1cccc(OCCN2CC2)n1. The zero-order valence-corrected chi connectivity index (χ0v) is 8.22. The molecule has 1 aromatic heterocycles. The van der Waals surface area contributed by atoms with Crippen LogP contribution in [0, 0.1) is 0 Å². The fourth-order valence-corrected chi connectivity index (χ4v) is 1.19.